The van der Waals surface area contributed by atoms with Crippen LogP contribution in [-0.2, 0) is 16.4 Å². The fourth-order valence-corrected chi connectivity index (χ4v) is 10.8. The van der Waals surface area contributed by atoms with Crippen LogP contribution in [0, 0.1) is 0 Å². The lowest BCUT2D eigenvalue weighted by Crippen LogP contribution is -2.27. The first kappa shape index (κ1) is 28.6. The lowest BCUT2D eigenvalue weighted by molar-refractivity contribution is 0.594. The molecule has 0 aliphatic carbocycles. The van der Waals surface area contributed by atoms with Crippen LogP contribution in [0.15, 0.2) is 163 Å². The molecule has 0 spiro atoms. The fraction of sp³-hybridized carbons (Fsp3) is 0.0769. The van der Waals surface area contributed by atoms with Gasteiger partial charge < -0.3 is 14.7 Å². The Morgan fingerprint density at radius 3 is 1.53 bits per heavy atom. The van der Waals surface area contributed by atoms with Gasteiger partial charge in [-0.1, -0.05) is 78.1 Å². The molecule has 3 heterocycles. The molecule has 6 aromatic rings. The zero-order valence-corrected chi connectivity index (χ0v) is 27.9. The molecule has 0 N–H and O–H groups in total. The van der Waals surface area contributed by atoms with Crippen LogP contribution in [0.5, 0.6) is 0 Å². The Bertz CT molecular complexity index is 2250. The Kier molecular flexibility index (Phi) is 6.68. The van der Waals surface area contributed by atoms with E-state index in [0.717, 1.165) is 49.5 Å². The van der Waals surface area contributed by atoms with Crippen molar-refractivity contribution < 1.29 is 8.42 Å². The third-order valence-corrected chi connectivity index (χ3v) is 13.1. The van der Waals surface area contributed by atoms with E-state index in [2.05, 4.69) is 100 Å². The maximum absolute atomic E-state index is 14.7. The van der Waals surface area contributed by atoms with E-state index in [4.69, 9.17) is 0 Å². The highest BCUT2D eigenvalue weighted by atomic mass is 32.2. The Morgan fingerprint density at radius 1 is 0.511 bits per heavy atom. The molecule has 230 valence electrons. The maximum Gasteiger partial charge on any atom is 0.210 e. The number of hydrogen-bond donors (Lipinski definition) is 0. The van der Waals surface area contributed by atoms with Crippen LogP contribution in [0.4, 0.5) is 39.8 Å². The molecule has 0 bridgehead atoms. The summed E-state index contributed by atoms with van der Waals surface area (Å²) in [6.07, 6.45) is 0. The zero-order valence-electron chi connectivity index (χ0n) is 25.5. The van der Waals surface area contributed by atoms with Gasteiger partial charge in [0.15, 0.2) is 0 Å². The van der Waals surface area contributed by atoms with Crippen molar-refractivity contribution in [3.63, 3.8) is 0 Å². The van der Waals surface area contributed by atoms with Gasteiger partial charge in [-0.05, 0) is 91.3 Å². The number of anilines is 7. The summed E-state index contributed by atoms with van der Waals surface area (Å²) in [6.45, 7) is 3.26. The van der Waals surface area contributed by atoms with Crippen LogP contribution in [0.25, 0.3) is 0 Å². The summed E-state index contributed by atoms with van der Waals surface area (Å²) in [5.74, 6) is 0. The number of para-hydroxylation sites is 4. The van der Waals surface area contributed by atoms with E-state index in [-0.39, 0.29) is 0 Å². The molecule has 3 aliphatic rings. The Morgan fingerprint density at radius 2 is 0.979 bits per heavy atom. The summed E-state index contributed by atoms with van der Waals surface area (Å²) >= 11 is 3.51. The first-order valence-electron chi connectivity index (χ1n) is 15.6. The Hall–Kier alpha value is -4.63. The summed E-state index contributed by atoms with van der Waals surface area (Å²) in [4.78, 5) is 11.9. The van der Waals surface area contributed by atoms with Gasteiger partial charge in [-0.2, -0.15) is 0 Å². The third-order valence-electron chi connectivity index (χ3n) is 9.01. The number of nitrogens with zero attached hydrogens (tertiary/aromatic N) is 3. The summed E-state index contributed by atoms with van der Waals surface area (Å²) in [5.41, 5.74) is 7.53. The zero-order chi connectivity index (χ0) is 31.7. The highest BCUT2D eigenvalue weighted by Gasteiger charge is 2.36. The van der Waals surface area contributed by atoms with E-state index in [1.807, 2.05) is 54.6 Å². The van der Waals surface area contributed by atoms with Crippen LogP contribution in [0.2, 0.25) is 0 Å². The van der Waals surface area contributed by atoms with Crippen molar-refractivity contribution >= 4 is 73.2 Å². The topological polar surface area (TPSA) is 43.9 Å². The standard InChI is InChI=1S/C39H29N3O2S3/c1-2-40-32-21-19-26(25-41-28-11-3-7-15-34(28)45-35-16-8-4-12-29(35)41)23-38(32)47(43,44)39-24-27(20-22-33(39)40)42-30-13-5-9-17-36(30)46-37-18-10-6-14-31(37)42/h3-24H,2,25H2,1H3. The van der Waals surface area contributed by atoms with E-state index in [1.165, 1.54) is 9.79 Å². The molecule has 5 nitrogen and oxygen atoms in total. The van der Waals surface area contributed by atoms with E-state index in [9.17, 15) is 8.42 Å². The van der Waals surface area contributed by atoms with Crippen molar-refractivity contribution in [2.24, 2.45) is 0 Å². The second-order valence-corrected chi connectivity index (χ2v) is 15.8. The molecule has 0 radical (unpaired) electrons. The van der Waals surface area contributed by atoms with Crippen LogP contribution < -0.4 is 14.7 Å². The van der Waals surface area contributed by atoms with Gasteiger partial charge in [0.25, 0.3) is 0 Å². The summed E-state index contributed by atoms with van der Waals surface area (Å²) in [7, 11) is -3.84. The maximum atomic E-state index is 14.7. The first-order valence-corrected chi connectivity index (χ1v) is 18.7. The normalized spacial score (nSPS) is 15.1. The van der Waals surface area contributed by atoms with Gasteiger partial charge in [0, 0.05) is 38.4 Å². The van der Waals surface area contributed by atoms with Crippen LogP contribution in [0.3, 0.4) is 0 Å². The van der Waals surface area contributed by atoms with Gasteiger partial charge in [0.1, 0.15) is 0 Å². The van der Waals surface area contributed by atoms with Crippen LogP contribution in [0.1, 0.15) is 12.5 Å². The molecule has 6 aromatic carbocycles. The van der Waals surface area contributed by atoms with Crippen molar-refractivity contribution in [1.82, 2.24) is 0 Å². The average Bonchev–Trinajstić information content (AvgIpc) is 3.11. The Labute approximate surface area is 283 Å². The number of hydrogen-bond acceptors (Lipinski definition) is 7. The van der Waals surface area contributed by atoms with Crippen molar-refractivity contribution in [3.05, 3.63) is 139 Å². The predicted octanol–water partition coefficient (Wildman–Crippen LogP) is 10.7. The molecule has 0 fully saturated rings. The van der Waals surface area contributed by atoms with E-state index >= 15 is 0 Å². The summed E-state index contributed by atoms with van der Waals surface area (Å²) in [6, 6.07) is 45.2. The van der Waals surface area contributed by atoms with Gasteiger partial charge in [-0.15, -0.1) is 0 Å². The summed E-state index contributed by atoms with van der Waals surface area (Å²) < 4.78 is 29.3. The molecule has 0 unspecified atom stereocenters. The molecular formula is C39H29N3O2S3. The summed E-state index contributed by atoms with van der Waals surface area (Å²) in [5, 5.41) is 0. The average molecular weight is 668 g/mol. The van der Waals surface area contributed by atoms with E-state index in [1.54, 1.807) is 23.5 Å². The van der Waals surface area contributed by atoms with Crippen molar-refractivity contribution in [2.75, 3.05) is 21.2 Å². The highest BCUT2D eigenvalue weighted by molar-refractivity contribution is 8.00. The third kappa shape index (κ3) is 4.50. The lowest BCUT2D eigenvalue weighted by atomic mass is 10.1. The molecular weight excluding hydrogens is 639 g/mol. The van der Waals surface area contributed by atoms with Crippen LogP contribution >= 0.6 is 23.5 Å². The van der Waals surface area contributed by atoms with E-state index < -0.39 is 9.84 Å². The molecule has 47 heavy (non-hydrogen) atoms. The second-order valence-electron chi connectivity index (χ2n) is 11.7. The number of fused-ring (bicyclic) bond motifs is 6. The number of benzene rings is 6. The van der Waals surface area contributed by atoms with Gasteiger partial charge in [0.2, 0.25) is 9.84 Å². The molecule has 9 rings (SSSR count). The Balaban J connectivity index is 1.15. The molecule has 8 heteroatoms. The molecule has 0 saturated carbocycles. The quantitative estimate of drug-likeness (QED) is 0.185. The minimum Gasteiger partial charge on any atom is -0.340 e. The minimum atomic E-state index is -3.84. The highest BCUT2D eigenvalue weighted by Crippen LogP contribution is 2.53. The molecule has 0 atom stereocenters. The minimum absolute atomic E-state index is 0.333. The van der Waals surface area contributed by atoms with Crippen molar-refractivity contribution in [3.8, 4) is 0 Å². The molecule has 3 aliphatic heterocycles. The number of rotatable bonds is 4. The van der Waals surface area contributed by atoms with Gasteiger partial charge in [0.05, 0.1) is 43.9 Å². The van der Waals surface area contributed by atoms with Crippen molar-refractivity contribution in [1.29, 1.82) is 0 Å². The predicted molar refractivity (Wildman–Crippen MR) is 193 cm³/mol. The van der Waals surface area contributed by atoms with E-state index in [0.29, 0.717) is 28.6 Å². The second kappa shape index (κ2) is 11.0. The molecule has 0 saturated heterocycles. The van der Waals surface area contributed by atoms with Crippen LogP contribution in [-0.4, -0.2) is 15.0 Å². The van der Waals surface area contributed by atoms with Gasteiger partial charge >= 0.3 is 0 Å². The SMILES string of the molecule is CCN1c2ccc(CN3c4ccccc4Sc4ccccc43)cc2S(=O)(=O)c2cc(N3c4ccccc4Sc4ccccc43)ccc21. The molecule has 0 aromatic heterocycles. The van der Waals surface area contributed by atoms with Gasteiger partial charge in [-0.25, -0.2) is 8.42 Å². The smallest absolute Gasteiger partial charge is 0.210 e. The molecule has 0 amide bonds. The first-order chi connectivity index (χ1) is 23.0. The fourth-order valence-electron chi connectivity index (χ4n) is 6.88. The number of sulfone groups is 1. The largest absolute Gasteiger partial charge is 0.340 e. The van der Waals surface area contributed by atoms with Crippen molar-refractivity contribution in [2.45, 2.75) is 42.8 Å². The lowest BCUT2D eigenvalue weighted by Gasteiger charge is -2.36. The monoisotopic (exact) mass is 667 g/mol. The van der Waals surface area contributed by atoms with Gasteiger partial charge in [-0.3, -0.25) is 0 Å².